The number of benzene rings is 3. The van der Waals surface area contributed by atoms with Gasteiger partial charge in [-0.15, -0.1) is 11.8 Å². The summed E-state index contributed by atoms with van der Waals surface area (Å²) in [4.78, 5) is 31.7. The first-order valence-electron chi connectivity index (χ1n) is 18.2. The van der Waals surface area contributed by atoms with E-state index in [2.05, 4.69) is 5.32 Å². The van der Waals surface area contributed by atoms with Crippen molar-refractivity contribution in [3.63, 3.8) is 0 Å². The molecule has 6 atom stereocenters. The third-order valence-corrected chi connectivity index (χ3v) is 13.2. The van der Waals surface area contributed by atoms with Crippen molar-refractivity contribution in [2.45, 2.75) is 68.8 Å². The average Bonchev–Trinajstić information content (AvgIpc) is 3.75. The smallest absolute Gasteiger partial charge is 0.335 e. The van der Waals surface area contributed by atoms with Crippen molar-refractivity contribution in [3.8, 4) is 28.7 Å². The maximum Gasteiger partial charge on any atom is 0.335 e. The zero-order valence-corrected chi connectivity index (χ0v) is 31.8. The number of phenols is 1. The predicted molar refractivity (Wildman–Crippen MR) is 198 cm³/mol. The monoisotopic (exact) mass is 757 g/mol. The largest absolute Gasteiger partial charge is 0.504 e. The average molecular weight is 758 g/mol. The van der Waals surface area contributed by atoms with Crippen LogP contribution >= 0.6 is 11.8 Å². The summed E-state index contributed by atoms with van der Waals surface area (Å²) in [7, 11) is 5.41. The number of phenolic OH excluding ortho intramolecular Hbond substituents is 1. The van der Waals surface area contributed by atoms with Crippen molar-refractivity contribution in [2.75, 3.05) is 46.9 Å². The molecule has 3 N–H and O–H groups in total. The lowest BCUT2D eigenvalue weighted by molar-refractivity contribution is -0.159. The molecule has 1 aromatic heterocycles. The summed E-state index contributed by atoms with van der Waals surface area (Å²) in [5.74, 6) is 1.30. The van der Waals surface area contributed by atoms with Gasteiger partial charge in [-0.1, -0.05) is 24.3 Å². The minimum absolute atomic E-state index is 0.00396. The van der Waals surface area contributed by atoms with Gasteiger partial charge in [0.25, 0.3) is 0 Å². The fourth-order valence-corrected chi connectivity index (χ4v) is 11.3. The SMILES string of the molecule is COc1c(C)cc2c(c1O)[C@H](N(C)C)C1[C@@H]3SC[C@]4(NCCc5c4oc4ccccc54)C(=O)OC[C@@H](c4c5c(c(C)c(OC(C)=O)c43)OCO5)N1[C@@H](O)C2. The topological polar surface area (TPSA) is 152 Å². The van der Waals surface area contributed by atoms with Crippen LogP contribution in [0.1, 0.15) is 69.0 Å². The van der Waals surface area contributed by atoms with E-state index in [0.29, 0.717) is 69.6 Å². The number of nitrogens with one attached hydrogen (secondary N) is 1. The Hall–Kier alpha value is -4.47. The number of aliphatic hydroxyl groups excluding tert-OH is 1. The standard InChI is InChI=1S/C40H43N3O10S/c1-18-13-21-14-26(45)43-24-15-49-39(47)40(38-23(11-12-41-40)22-9-7-8-10-25(22)53-38)16-54-37(31(43)30(42(4)5)27(21)32(46)33(18)48-6)29-28(24)36-35(50-17-51-36)19(2)34(29)52-20(3)44/h7-10,13,24,26,30-31,37,41,45-46H,11-12,14-17H2,1-6H3/t24-,26-,30-,31?,37+,40+/m0/s1. The molecule has 13 nitrogen and oxygen atoms in total. The van der Waals surface area contributed by atoms with E-state index in [1.54, 1.807) is 0 Å². The van der Waals surface area contributed by atoms with Gasteiger partial charge in [0.2, 0.25) is 6.79 Å². The van der Waals surface area contributed by atoms with Crippen LogP contribution in [0.5, 0.6) is 28.7 Å². The highest BCUT2D eigenvalue weighted by molar-refractivity contribution is 7.99. The molecule has 0 radical (unpaired) electrons. The summed E-state index contributed by atoms with van der Waals surface area (Å²) in [5, 5.41) is 28.4. The van der Waals surface area contributed by atoms with Crippen LogP contribution < -0.4 is 24.3 Å². The number of thioether (sulfide) groups is 1. The Bertz CT molecular complexity index is 2240. The first-order valence-corrected chi connectivity index (χ1v) is 19.2. The zero-order valence-electron chi connectivity index (χ0n) is 31.0. The Labute approximate surface area is 316 Å². The highest BCUT2D eigenvalue weighted by Gasteiger charge is 2.58. The number of aliphatic hydroxyl groups is 1. The summed E-state index contributed by atoms with van der Waals surface area (Å²) in [6.07, 6.45) is -0.254. The zero-order chi connectivity index (χ0) is 37.8. The number of rotatable bonds is 3. The molecule has 1 unspecified atom stereocenters. The minimum Gasteiger partial charge on any atom is -0.504 e. The fraction of sp³-hybridized carbons (Fsp3) is 0.450. The Balaban J connectivity index is 1.33. The number of furan rings is 1. The number of fused-ring (bicyclic) bond motifs is 8. The lowest BCUT2D eigenvalue weighted by atomic mass is 9.80. The molecule has 6 aliphatic heterocycles. The minimum atomic E-state index is -1.36. The molecule has 0 amide bonds. The Kier molecular flexibility index (Phi) is 8.36. The summed E-state index contributed by atoms with van der Waals surface area (Å²) < 4.78 is 37.0. The quantitative estimate of drug-likeness (QED) is 0.196. The number of hydrogen-bond acceptors (Lipinski definition) is 14. The second-order valence-corrected chi connectivity index (χ2v) is 16.1. The highest BCUT2D eigenvalue weighted by Crippen LogP contribution is 2.63. The fourth-order valence-electron chi connectivity index (χ4n) is 9.63. The number of aromatic hydroxyl groups is 1. The molecule has 4 aromatic rings. The number of esters is 2. The van der Waals surface area contributed by atoms with E-state index in [0.717, 1.165) is 22.1 Å². The predicted octanol–water partition coefficient (Wildman–Crippen LogP) is 4.69. The van der Waals surface area contributed by atoms with Crippen LogP contribution in [0, 0.1) is 13.8 Å². The summed E-state index contributed by atoms with van der Waals surface area (Å²) in [6, 6.07) is 7.83. The van der Waals surface area contributed by atoms with Crippen LogP contribution in [0.4, 0.5) is 0 Å². The molecule has 2 bridgehead atoms. The molecular formula is C40H43N3O10S. The molecule has 14 heteroatoms. The molecule has 6 aliphatic rings. The Morgan fingerprint density at radius 1 is 1.09 bits per heavy atom. The van der Waals surface area contributed by atoms with Crippen LogP contribution in [0.2, 0.25) is 0 Å². The number of aryl methyl sites for hydroxylation is 1. The summed E-state index contributed by atoms with van der Waals surface area (Å²) >= 11 is 1.49. The lowest BCUT2D eigenvalue weighted by Crippen LogP contribution is -2.60. The van der Waals surface area contributed by atoms with Gasteiger partial charge in [0.05, 0.1) is 24.4 Å². The van der Waals surface area contributed by atoms with E-state index in [-0.39, 0.29) is 31.3 Å². The van der Waals surface area contributed by atoms with E-state index in [1.165, 1.54) is 25.8 Å². The number of hydrogen-bond donors (Lipinski definition) is 3. The van der Waals surface area contributed by atoms with Gasteiger partial charge in [0.1, 0.15) is 29.9 Å². The van der Waals surface area contributed by atoms with Crippen molar-refractivity contribution in [2.24, 2.45) is 0 Å². The molecule has 0 saturated carbocycles. The number of carbonyl (C=O) groups is 2. The van der Waals surface area contributed by atoms with Gasteiger partial charge in [-0.05, 0) is 51.6 Å². The number of ether oxygens (including phenoxy) is 5. The normalized spacial score (nSPS) is 27.2. The number of methoxy groups -OCH3 is 1. The highest BCUT2D eigenvalue weighted by atomic mass is 32.2. The number of likely N-dealkylation sites (N-methyl/N-ethyl adjacent to an activating group) is 1. The molecule has 1 spiro atoms. The van der Waals surface area contributed by atoms with Gasteiger partial charge in [-0.3, -0.25) is 15.0 Å². The number of para-hydroxylation sites is 1. The van der Waals surface area contributed by atoms with Crippen LogP contribution in [-0.4, -0.2) is 91.1 Å². The van der Waals surface area contributed by atoms with Crippen LogP contribution in [-0.2, 0) is 32.7 Å². The molecule has 3 aromatic carbocycles. The molecule has 284 valence electrons. The van der Waals surface area contributed by atoms with Crippen molar-refractivity contribution in [1.29, 1.82) is 0 Å². The first kappa shape index (κ1) is 35.2. The molecule has 1 fully saturated rings. The third-order valence-electron chi connectivity index (χ3n) is 11.7. The molecular weight excluding hydrogens is 715 g/mol. The van der Waals surface area contributed by atoms with Crippen LogP contribution in [0.25, 0.3) is 11.0 Å². The summed E-state index contributed by atoms with van der Waals surface area (Å²) in [5.41, 5.74) is 4.35. The van der Waals surface area contributed by atoms with Gasteiger partial charge >= 0.3 is 11.9 Å². The van der Waals surface area contributed by atoms with Crippen molar-refractivity contribution in [1.82, 2.24) is 15.1 Å². The lowest BCUT2D eigenvalue weighted by Gasteiger charge is -2.53. The van der Waals surface area contributed by atoms with Crippen molar-refractivity contribution < 1.29 is 47.9 Å². The van der Waals surface area contributed by atoms with E-state index in [9.17, 15) is 19.8 Å². The van der Waals surface area contributed by atoms with Crippen LogP contribution in [0.15, 0.2) is 34.7 Å². The van der Waals surface area contributed by atoms with E-state index < -0.39 is 47.1 Å². The summed E-state index contributed by atoms with van der Waals surface area (Å²) in [6.45, 7) is 5.35. The molecule has 10 rings (SSSR count). The van der Waals surface area contributed by atoms with Gasteiger partial charge in [0.15, 0.2) is 28.5 Å². The Morgan fingerprint density at radius 3 is 2.63 bits per heavy atom. The van der Waals surface area contributed by atoms with E-state index in [4.69, 9.17) is 28.1 Å². The molecule has 0 aliphatic carbocycles. The van der Waals surface area contributed by atoms with Crippen molar-refractivity contribution >= 4 is 34.7 Å². The van der Waals surface area contributed by atoms with Gasteiger partial charge in [-0.2, -0.15) is 0 Å². The third kappa shape index (κ3) is 4.93. The number of nitrogens with zero attached hydrogens (tertiary/aromatic N) is 2. The molecule has 54 heavy (non-hydrogen) atoms. The van der Waals surface area contributed by atoms with Gasteiger partial charge in [0, 0.05) is 64.9 Å². The second-order valence-electron chi connectivity index (χ2n) is 15.0. The maximum atomic E-state index is 14.7. The van der Waals surface area contributed by atoms with Crippen molar-refractivity contribution in [3.05, 3.63) is 75.0 Å². The van der Waals surface area contributed by atoms with Gasteiger partial charge in [-0.25, -0.2) is 4.79 Å². The van der Waals surface area contributed by atoms with E-state index >= 15 is 0 Å². The van der Waals surface area contributed by atoms with E-state index in [1.807, 2.05) is 68.1 Å². The Morgan fingerprint density at radius 2 is 1.87 bits per heavy atom. The second kappa shape index (κ2) is 12.8. The molecule has 1 saturated heterocycles. The maximum absolute atomic E-state index is 14.7. The molecule has 7 heterocycles. The number of carbonyl (C=O) groups excluding carboxylic acids is 2. The first-order chi connectivity index (χ1) is 26.0. The van der Waals surface area contributed by atoms with Gasteiger partial charge < -0.3 is 43.2 Å². The van der Waals surface area contributed by atoms with Crippen LogP contribution in [0.3, 0.4) is 0 Å².